The minimum absolute atomic E-state index is 0.0762. The number of benzene rings is 1. The Morgan fingerprint density at radius 2 is 2.00 bits per heavy atom. The third kappa shape index (κ3) is 4.30. The maximum absolute atomic E-state index is 12.2. The van der Waals surface area contributed by atoms with E-state index in [-0.39, 0.29) is 29.9 Å². The molecule has 0 unspecified atom stereocenters. The van der Waals surface area contributed by atoms with Crippen LogP contribution in [-0.2, 0) is 9.59 Å². The summed E-state index contributed by atoms with van der Waals surface area (Å²) in [6, 6.07) is 10.5. The van der Waals surface area contributed by atoms with Gasteiger partial charge in [-0.3, -0.25) is 14.4 Å². The van der Waals surface area contributed by atoms with E-state index in [1.54, 1.807) is 23.1 Å². The van der Waals surface area contributed by atoms with Crippen molar-refractivity contribution in [1.29, 1.82) is 0 Å². The van der Waals surface area contributed by atoms with Crippen molar-refractivity contribution in [2.75, 3.05) is 23.3 Å². The van der Waals surface area contributed by atoms with Gasteiger partial charge in [-0.15, -0.1) is 0 Å². The van der Waals surface area contributed by atoms with E-state index >= 15 is 0 Å². The molecule has 1 aliphatic heterocycles. The van der Waals surface area contributed by atoms with E-state index in [0.29, 0.717) is 31.6 Å². The monoisotopic (exact) mass is 355 g/mol. The number of anilines is 2. The quantitative estimate of drug-likeness (QED) is 0.747. The second kappa shape index (κ2) is 8.33. The molecule has 0 aliphatic carbocycles. The molecule has 1 aromatic carbocycles. The summed E-state index contributed by atoms with van der Waals surface area (Å²) in [6.45, 7) is 1.05. The van der Waals surface area contributed by atoms with E-state index in [0.717, 1.165) is 12.1 Å². The predicted molar refractivity (Wildman–Crippen MR) is 96.9 cm³/mol. The number of amides is 3. The molecule has 136 valence electrons. The molecule has 26 heavy (non-hydrogen) atoms. The number of hydrogen-bond acceptors (Lipinski definition) is 4. The van der Waals surface area contributed by atoms with Gasteiger partial charge in [-0.05, 0) is 37.1 Å². The van der Waals surface area contributed by atoms with Gasteiger partial charge in [0.05, 0.1) is 17.6 Å². The fourth-order valence-corrected chi connectivity index (χ4v) is 2.88. The summed E-state index contributed by atoms with van der Waals surface area (Å²) in [5.74, 6) is -0.129. The zero-order chi connectivity index (χ0) is 18.4. The van der Waals surface area contributed by atoms with Crippen molar-refractivity contribution in [1.82, 2.24) is 5.32 Å². The van der Waals surface area contributed by atoms with Crippen LogP contribution in [0.4, 0.5) is 11.4 Å². The second-order valence-electron chi connectivity index (χ2n) is 6.05. The van der Waals surface area contributed by atoms with Crippen molar-refractivity contribution in [2.24, 2.45) is 0 Å². The summed E-state index contributed by atoms with van der Waals surface area (Å²) < 4.78 is 5.00. The van der Waals surface area contributed by atoms with E-state index in [1.165, 1.54) is 6.26 Å². The highest BCUT2D eigenvalue weighted by molar-refractivity contribution is 6.02. The molecule has 2 aromatic rings. The molecule has 0 bridgehead atoms. The molecule has 1 saturated heterocycles. The number of furan rings is 1. The molecule has 0 saturated carbocycles. The molecule has 0 spiro atoms. The fraction of sp³-hybridized carbons (Fsp3) is 0.316. The molecule has 0 radical (unpaired) electrons. The fourth-order valence-electron chi connectivity index (χ4n) is 2.88. The lowest BCUT2D eigenvalue weighted by Crippen LogP contribution is -2.26. The van der Waals surface area contributed by atoms with Gasteiger partial charge in [-0.1, -0.05) is 12.1 Å². The van der Waals surface area contributed by atoms with Crippen LogP contribution in [0.5, 0.6) is 0 Å². The van der Waals surface area contributed by atoms with Crippen LogP contribution in [-0.4, -0.2) is 30.8 Å². The van der Waals surface area contributed by atoms with Crippen LogP contribution in [0.3, 0.4) is 0 Å². The molecular weight excluding hydrogens is 334 g/mol. The van der Waals surface area contributed by atoms with Gasteiger partial charge in [0.15, 0.2) is 5.76 Å². The van der Waals surface area contributed by atoms with Crippen molar-refractivity contribution in [3.8, 4) is 0 Å². The van der Waals surface area contributed by atoms with Crippen LogP contribution >= 0.6 is 0 Å². The Morgan fingerprint density at radius 3 is 2.73 bits per heavy atom. The van der Waals surface area contributed by atoms with E-state index in [2.05, 4.69) is 10.6 Å². The van der Waals surface area contributed by atoms with E-state index in [1.807, 2.05) is 18.2 Å². The number of hydrogen-bond donors (Lipinski definition) is 2. The van der Waals surface area contributed by atoms with Crippen LogP contribution < -0.4 is 15.5 Å². The summed E-state index contributed by atoms with van der Waals surface area (Å²) in [6.07, 6.45) is 3.57. The third-order valence-electron chi connectivity index (χ3n) is 4.15. The Balaban J connectivity index is 1.48. The average Bonchev–Trinajstić information content (AvgIpc) is 3.31. The van der Waals surface area contributed by atoms with Crippen LogP contribution in [0.1, 0.15) is 36.2 Å². The van der Waals surface area contributed by atoms with Gasteiger partial charge in [0, 0.05) is 25.9 Å². The Morgan fingerprint density at radius 1 is 1.15 bits per heavy atom. The van der Waals surface area contributed by atoms with E-state index in [9.17, 15) is 14.4 Å². The summed E-state index contributed by atoms with van der Waals surface area (Å²) >= 11 is 0. The maximum atomic E-state index is 12.2. The number of nitrogens with zero attached hydrogens (tertiary/aromatic N) is 1. The van der Waals surface area contributed by atoms with E-state index < -0.39 is 0 Å². The number of para-hydroxylation sites is 2. The lowest BCUT2D eigenvalue weighted by Gasteiger charge is -2.20. The second-order valence-corrected chi connectivity index (χ2v) is 6.05. The summed E-state index contributed by atoms with van der Waals surface area (Å²) in [5, 5.41) is 5.56. The molecule has 7 heteroatoms. The van der Waals surface area contributed by atoms with Gasteiger partial charge < -0.3 is 20.0 Å². The molecule has 0 atom stereocenters. The minimum atomic E-state index is -0.298. The van der Waals surface area contributed by atoms with Gasteiger partial charge in [0.25, 0.3) is 5.91 Å². The lowest BCUT2D eigenvalue weighted by molar-refractivity contribution is -0.117. The highest BCUT2D eigenvalue weighted by Crippen LogP contribution is 2.29. The summed E-state index contributed by atoms with van der Waals surface area (Å²) in [5.41, 5.74) is 1.36. The molecule has 1 aromatic heterocycles. The minimum Gasteiger partial charge on any atom is -0.459 e. The first kappa shape index (κ1) is 17.7. The molecule has 7 nitrogen and oxygen atoms in total. The number of rotatable bonds is 7. The van der Waals surface area contributed by atoms with Crippen LogP contribution in [0.2, 0.25) is 0 Å². The highest BCUT2D eigenvalue weighted by atomic mass is 16.3. The SMILES string of the molecule is O=C(CCCNC(=O)c1ccco1)Nc1ccccc1N1CCCC1=O. The zero-order valence-electron chi connectivity index (χ0n) is 14.4. The van der Waals surface area contributed by atoms with Crippen molar-refractivity contribution >= 4 is 29.1 Å². The highest BCUT2D eigenvalue weighted by Gasteiger charge is 2.24. The zero-order valence-corrected chi connectivity index (χ0v) is 14.4. The lowest BCUT2D eigenvalue weighted by atomic mass is 10.2. The molecule has 2 heterocycles. The summed E-state index contributed by atoms with van der Waals surface area (Å²) in [4.78, 5) is 37.6. The Hall–Kier alpha value is -3.09. The number of nitrogens with one attached hydrogen (secondary N) is 2. The first-order valence-electron chi connectivity index (χ1n) is 8.66. The Bertz CT molecular complexity index is 786. The van der Waals surface area contributed by atoms with Crippen molar-refractivity contribution in [3.63, 3.8) is 0 Å². The third-order valence-corrected chi connectivity index (χ3v) is 4.15. The first-order valence-corrected chi connectivity index (χ1v) is 8.66. The van der Waals surface area contributed by atoms with Gasteiger partial charge in [0.2, 0.25) is 11.8 Å². The first-order chi connectivity index (χ1) is 12.6. The van der Waals surface area contributed by atoms with E-state index in [4.69, 9.17) is 4.42 Å². The molecule has 1 aliphatic rings. The van der Waals surface area contributed by atoms with Crippen LogP contribution in [0.15, 0.2) is 47.1 Å². The summed E-state index contributed by atoms with van der Waals surface area (Å²) in [7, 11) is 0. The van der Waals surface area contributed by atoms with Gasteiger partial charge in [0.1, 0.15) is 0 Å². The predicted octanol–water partition coefficient (Wildman–Crippen LogP) is 2.56. The standard InChI is InChI=1S/C19H21N3O4/c23-17(9-3-11-20-19(25)16-8-5-13-26-16)21-14-6-1-2-7-15(14)22-12-4-10-18(22)24/h1-2,5-8,13H,3-4,9-12H2,(H,20,25)(H,21,23). The van der Waals surface area contributed by atoms with Crippen molar-refractivity contribution in [2.45, 2.75) is 25.7 Å². The molecule has 3 rings (SSSR count). The molecule has 2 N–H and O–H groups in total. The van der Waals surface area contributed by atoms with Gasteiger partial charge >= 0.3 is 0 Å². The molecule has 3 amide bonds. The topological polar surface area (TPSA) is 91.7 Å². The van der Waals surface area contributed by atoms with Crippen molar-refractivity contribution < 1.29 is 18.8 Å². The molecule has 1 fully saturated rings. The number of carbonyl (C=O) groups is 3. The largest absolute Gasteiger partial charge is 0.459 e. The van der Waals surface area contributed by atoms with Gasteiger partial charge in [-0.25, -0.2) is 0 Å². The van der Waals surface area contributed by atoms with Gasteiger partial charge in [-0.2, -0.15) is 0 Å². The normalized spacial score (nSPS) is 13.7. The van der Waals surface area contributed by atoms with Crippen LogP contribution in [0.25, 0.3) is 0 Å². The maximum Gasteiger partial charge on any atom is 0.286 e. The van der Waals surface area contributed by atoms with Crippen molar-refractivity contribution in [3.05, 3.63) is 48.4 Å². The smallest absolute Gasteiger partial charge is 0.286 e. The average molecular weight is 355 g/mol. The molecular formula is C19H21N3O4. The Kier molecular flexibility index (Phi) is 5.68. The Labute approximate surface area is 151 Å². The van der Waals surface area contributed by atoms with Crippen LogP contribution in [0, 0.1) is 0 Å². The number of carbonyl (C=O) groups excluding carboxylic acids is 3.